The lowest BCUT2D eigenvalue weighted by Crippen LogP contribution is -2.36. The molecule has 1 aliphatic carbocycles. The molecule has 0 radical (unpaired) electrons. The molecule has 0 spiro atoms. The van der Waals surface area contributed by atoms with Crippen LogP contribution in [0.2, 0.25) is 5.02 Å². The average molecular weight is 545 g/mol. The Morgan fingerprint density at radius 2 is 1.88 bits per heavy atom. The molecule has 0 unspecified atom stereocenters. The van der Waals surface area contributed by atoms with Crippen LogP contribution in [0, 0.1) is 0 Å². The molecule has 8 heteroatoms. The van der Waals surface area contributed by atoms with Crippen molar-refractivity contribution in [1.29, 1.82) is 0 Å². The first-order chi connectivity index (χ1) is 16.4. The molecule has 34 heavy (non-hydrogen) atoms. The first-order valence-electron chi connectivity index (χ1n) is 11.1. The first kappa shape index (κ1) is 23.0. The quantitative estimate of drug-likeness (QED) is 0.494. The van der Waals surface area contributed by atoms with Crippen LogP contribution in [-0.2, 0) is 14.3 Å². The lowest BCUT2D eigenvalue weighted by Gasteiger charge is -2.37. The molecular formula is C26H23BrClNO5. The van der Waals surface area contributed by atoms with Crippen LogP contribution >= 0.6 is 27.5 Å². The third-order valence-corrected chi connectivity index (χ3v) is 7.41. The van der Waals surface area contributed by atoms with Crippen molar-refractivity contribution in [1.82, 2.24) is 5.32 Å². The van der Waals surface area contributed by atoms with Crippen LogP contribution in [0.3, 0.4) is 0 Å². The number of dihydropyridines is 1. The summed E-state index contributed by atoms with van der Waals surface area (Å²) in [5.74, 6) is 0.197. The summed E-state index contributed by atoms with van der Waals surface area (Å²) < 4.78 is 17.2. The van der Waals surface area contributed by atoms with Gasteiger partial charge in [0.2, 0.25) is 6.79 Å². The zero-order valence-electron chi connectivity index (χ0n) is 18.7. The van der Waals surface area contributed by atoms with Crippen LogP contribution in [0.5, 0.6) is 11.5 Å². The van der Waals surface area contributed by atoms with Gasteiger partial charge in [-0.1, -0.05) is 39.7 Å². The molecule has 5 rings (SSSR count). The minimum absolute atomic E-state index is 0.00225. The number of fused-ring (bicyclic) bond motifs is 1. The van der Waals surface area contributed by atoms with Gasteiger partial charge in [0, 0.05) is 38.8 Å². The van der Waals surface area contributed by atoms with Crippen molar-refractivity contribution in [2.24, 2.45) is 0 Å². The summed E-state index contributed by atoms with van der Waals surface area (Å²) in [6.45, 7) is 3.98. The Labute approximate surface area is 211 Å². The Hall–Kier alpha value is -2.77. The Morgan fingerprint density at radius 3 is 2.59 bits per heavy atom. The minimum Gasteiger partial charge on any atom is -0.463 e. The smallest absolute Gasteiger partial charge is 0.336 e. The molecule has 2 heterocycles. The Kier molecular flexibility index (Phi) is 6.16. The molecule has 0 saturated carbocycles. The van der Waals surface area contributed by atoms with Gasteiger partial charge in [-0.15, -0.1) is 0 Å². The molecule has 0 aromatic heterocycles. The Bertz CT molecular complexity index is 1250. The normalized spacial score (nSPS) is 21.4. The second-order valence-electron chi connectivity index (χ2n) is 8.52. The molecule has 3 aliphatic rings. The van der Waals surface area contributed by atoms with E-state index in [-0.39, 0.29) is 25.1 Å². The van der Waals surface area contributed by atoms with Crippen LogP contribution in [0.1, 0.15) is 49.7 Å². The molecule has 1 N–H and O–H groups in total. The fourth-order valence-corrected chi connectivity index (χ4v) is 5.63. The van der Waals surface area contributed by atoms with Crippen molar-refractivity contribution in [3.05, 3.63) is 79.6 Å². The third-order valence-electron chi connectivity index (χ3n) is 6.47. The zero-order valence-corrected chi connectivity index (χ0v) is 21.1. The predicted octanol–water partition coefficient (Wildman–Crippen LogP) is 5.76. The molecule has 2 atom stereocenters. The lowest BCUT2D eigenvalue weighted by atomic mass is 9.71. The molecule has 0 fully saturated rings. The molecular weight excluding hydrogens is 522 g/mol. The van der Waals surface area contributed by atoms with Crippen LogP contribution in [0.25, 0.3) is 0 Å². The number of ether oxygens (including phenoxy) is 3. The number of hydrogen-bond donors (Lipinski definition) is 1. The van der Waals surface area contributed by atoms with Gasteiger partial charge in [0.25, 0.3) is 0 Å². The Morgan fingerprint density at radius 1 is 1.18 bits per heavy atom. The van der Waals surface area contributed by atoms with Gasteiger partial charge in [-0.3, -0.25) is 4.79 Å². The molecule has 2 aromatic rings. The molecule has 6 nitrogen and oxygen atoms in total. The van der Waals surface area contributed by atoms with Crippen molar-refractivity contribution >= 4 is 39.3 Å². The number of nitrogens with one attached hydrogen (secondary N) is 1. The van der Waals surface area contributed by atoms with Gasteiger partial charge in [0.05, 0.1) is 12.2 Å². The van der Waals surface area contributed by atoms with Gasteiger partial charge in [0.15, 0.2) is 17.3 Å². The number of carbonyl (C=O) groups excluding carboxylic acids is 2. The second kappa shape index (κ2) is 9.12. The Balaban J connectivity index is 1.62. The highest BCUT2D eigenvalue weighted by Crippen LogP contribution is 2.49. The summed E-state index contributed by atoms with van der Waals surface area (Å²) in [7, 11) is 0. The van der Waals surface area contributed by atoms with Gasteiger partial charge in [-0.2, -0.15) is 0 Å². The highest BCUT2D eigenvalue weighted by molar-refractivity contribution is 9.10. The van der Waals surface area contributed by atoms with Crippen molar-refractivity contribution in [3.63, 3.8) is 0 Å². The van der Waals surface area contributed by atoms with E-state index in [1.165, 1.54) is 0 Å². The number of carbonyl (C=O) groups is 2. The molecule has 2 aliphatic heterocycles. The minimum atomic E-state index is -0.585. The van der Waals surface area contributed by atoms with Gasteiger partial charge in [-0.25, -0.2) is 4.79 Å². The van der Waals surface area contributed by atoms with Crippen LogP contribution in [0.15, 0.2) is 63.4 Å². The number of allylic oxidation sites excluding steroid dienone is 3. The fraction of sp³-hybridized carbons (Fsp3) is 0.308. The maximum Gasteiger partial charge on any atom is 0.336 e. The predicted molar refractivity (Wildman–Crippen MR) is 131 cm³/mol. The fourth-order valence-electron chi connectivity index (χ4n) is 4.95. The molecule has 2 aromatic carbocycles. The summed E-state index contributed by atoms with van der Waals surface area (Å²) in [4.78, 5) is 26.8. The van der Waals surface area contributed by atoms with Gasteiger partial charge >= 0.3 is 5.97 Å². The number of Topliss-reactive ketones (excluding diaryl/α,β-unsaturated/α-hetero) is 1. The zero-order chi connectivity index (χ0) is 24.0. The highest BCUT2D eigenvalue weighted by atomic mass is 79.9. The van der Waals surface area contributed by atoms with Crippen LogP contribution in [0.4, 0.5) is 0 Å². The topological polar surface area (TPSA) is 73.9 Å². The van der Waals surface area contributed by atoms with E-state index in [9.17, 15) is 9.59 Å². The summed E-state index contributed by atoms with van der Waals surface area (Å²) in [6.07, 6.45) is 0.991. The van der Waals surface area contributed by atoms with Crippen molar-refractivity contribution in [2.75, 3.05) is 13.4 Å². The van der Waals surface area contributed by atoms with Crippen LogP contribution in [-0.4, -0.2) is 25.2 Å². The largest absolute Gasteiger partial charge is 0.463 e. The number of esters is 1. The maximum atomic E-state index is 13.7. The maximum absolute atomic E-state index is 13.7. The number of ketones is 1. The number of benzene rings is 2. The SMILES string of the molecule is CCOC(=O)C1=C(C)NC2=C(C(=O)C[C@@H](c3ccc(Cl)cc3)C2)[C@@H]1c1cc2c(cc1Br)OCO2. The second-order valence-corrected chi connectivity index (χ2v) is 9.81. The average Bonchev–Trinajstić information content (AvgIpc) is 3.25. The van der Waals surface area contributed by atoms with Crippen LogP contribution < -0.4 is 14.8 Å². The van der Waals surface area contributed by atoms with E-state index in [4.69, 9.17) is 25.8 Å². The van der Waals surface area contributed by atoms with Gasteiger partial charge in [0.1, 0.15) is 0 Å². The summed E-state index contributed by atoms with van der Waals surface area (Å²) >= 11 is 9.70. The summed E-state index contributed by atoms with van der Waals surface area (Å²) in [5, 5.41) is 4.02. The van der Waals surface area contributed by atoms with E-state index in [0.29, 0.717) is 46.2 Å². The standard InChI is InChI=1S/C26H23BrClNO5/c1-3-32-26(31)23-13(2)29-19-8-15(14-4-6-16(28)7-5-14)9-20(30)25(19)24(23)17-10-21-22(11-18(17)27)34-12-33-21/h4-7,10-11,15,24,29H,3,8-9,12H2,1-2H3/t15-,24+/m0/s1. The van der Waals surface area contributed by atoms with Gasteiger partial charge in [-0.05, 0) is 61.6 Å². The monoisotopic (exact) mass is 543 g/mol. The van der Waals surface area contributed by atoms with E-state index < -0.39 is 11.9 Å². The number of hydrogen-bond acceptors (Lipinski definition) is 6. The molecule has 176 valence electrons. The number of rotatable bonds is 4. The van der Waals surface area contributed by atoms with E-state index >= 15 is 0 Å². The molecule has 0 bridgehead atoms. The molecule has 0 saturated heterocycles. The highest BCUT2D eigenvalue weighted by Gasteiger charge is 2.42. The summed E-state index contributed by atoms with van der Waals surface area (Å²) in [5.41, 5.74) is 4.35. The van der Waals surface area contributed by atoms with E-state index in [0.717, 1.165) is 21.3 Å². The first-order valence-corrected chi connectivity index (χ1v) is 12.3. The van der Waals surface area contributed by atoms with E-state index in [1.807, 2.05) is 43.3 Å². The van der Waals surface area contributed by atoms with Crippen molar-refractivity contribution < 1.29 is 23.8 Å². The van der Waals surface area contributed by atoms with Crippen molar-refractivity contribution in [2.45, 2.75) is 38.5 Å². The van der Waals surface area contributed by atoms with Gasteiger partial charge < -0.3 is 19.5 Å². The van der Waals surface area contributed by atoms with E-state index in [1.54, 1.807) is 6.92 Å². The van der Waals surface area contributed by atoms with E-state index in [2.05, 4.69) is 21.2 Å². The lowest BCUT2D eigenvalue weighted by molar-refractivity contribution is -0.138. The van der Waals surface area contributed by atoms with Crippen molar-refractivity contribution in [3.8, 4) is 11.5 Å². The summed E-state index contributed by atoms with van der Waals surface area (Å²) in [6, 6.07) is 11.3. The number of halogens is 2. The molecule has 0 amide bonds. The third kappa shape index (κ3) is 4.01.